The SMILES string of the molecule is C[C@H](COCc1ccccc1)C(=O)N1CCC2(CC1)NC(=O)NC2=O. The fraction of sp³-hybridized carbons (Fsp3) is 0.500. The molecule has 2 N–H and O–H groups in total. The first kappa shape index (κ1) is 17.4. The van der Waals surface area contributed by atoms with Crippen LogP contribution in [0.2, 0.25) is 0 Å². The lowest BCUT2D eigenvalue weighted by Gasteiger charge is -2.37. The summed E-state index contributed by atoms with van der Waals surface area (Å²) in [6, 6.07) is 9.37. The number of nitrogens with one attached hydrogen (secondary N) is 2. The number of piperidine rings is 1. The molecule has 0 aromatic heterocycles. The van der Waals surface area contributed by atoms with E-state index in [9.17, 15) is 14.4 Å². The molecule has 2 aliphatic heterocycles. The van der Waals surface area contributed by atoms with E-state index in [4.69, 9.17) is 4.74 Å². The maximum atomic E-state index is 12.5. The van der Waals surface area contributed by atoms with Gasteiger partial charge in [0.1, 0.15) is 5.54 Å². The summed E-state index contributed by atoms with van der Waals surface area (Å²) in [5.41, 5.74) is 0.228. The van der Waals surface area contributed by atoms with E-state index in [0.29, 0.717) is 39.1 Å². The van der Waals surface area contributed by atoms with E-state index in [1.165, 1.54) is 0 Å². The molecular formula is C18H23N3O4. The molecule has 1 aromatic carbocycles. The number of carbonyl (C=O) groups excluding carboxylic acids is 3. The Labute approximate surface area is 146 Å². The summed E-state index contributed by atoms with van der Waals surface area (Å²) in [4.78, 5) is 37.6. The van der Waals surface area contributed by atoms with E-state index in [0.717, 1.165) is 5.56 Å². The van der Waals surface area contributed by atoms with E-state index in [1.54, 1.807) is 4.90 Å². The second kappa shape index (κ2) is 7.23. The van der Waals surface area contributed by atoms with Crippen LogP contribution in [0.5, 0.6) is 0 Å². The van der Waals surface area contributed by atoms with Gasteiger partial charge in [-0.2, -0.15) is 0 Å². The van der Waals surface area contributed by atoms with E-state index in [1.807, 2.05) is 37.3 Å². The van der Waals surface area contributed by atoms with Gasteiger partial charge in [-0.25, -0.2) is 4.79 Å². The van der Waals surface area contributed by atoms with Gasteiger partial charge in [-0.3, -0.25) is 14.9 Å². The van der Waals surface area contributed by atoms with Crippen LogP contribution in [0.3, 0.4) is 0 Å². The Kier molecular flexibility index (Phi) is 5.03. The van der Waals surface area contributed by atoms with Gasteiger partial charge in [-0.15, -0.1) is 0 Å². The Morgan fingerprint density at radius 2 is 1.92 bits per heavy atom. The highest BCUT2D eigenvalue weighted by atomic mass is 16.5. The average Bonchev–Trinajstić information content (AvgIpc) is 2.89. The van der Waals surface area contributed by atoms with Crippen LogP contribution < -0.4 is 10.6 Å². The largest absolute Gasteiger partial charge is 0.376 e. The van der Waals surface area contributed by atoms with Crippen molar-refractivity contribution < 1.29 is 19.1 Å². The van der Waals surface area contributed by atoms with Crippen LogP contribution in [0.4, 0.5) is 4.79 Å². The second-order valence-electron chi connectivity index (χ2n) is 6.72. The zero-order valence-corrected chi connectivity index (χ0v) is 14.3. The minimum Gasteiger partial charge on any atom is -0.376 e. The molecule has 1 spiro atoms. The second-order valence-corrected chi connectivity index (χ2v) is 6.72. The highest BCUT2D eigenvalue weighted by Gasteiger charge is 2.48. The first-order chi connectivity index (χ1) is 12.0. The van der Waals surface area contributed by atoms with Gasteiger partial charge >= 0.3 is 6.03 Å². The Morgan fingerprint density at radius 3 is 2.52 bits per heavy atom. The van der Waals surface area contributed by atoms with Gasteiger partial charge in [0.15, 0.2) is 0 Å². The fourth-order valence-corrected chi connectivity index (χ4v) is 3.30. The first-order valence-corrected chi connectivity index (χ1v) is 8.54. The third-order valence-corrected chi connectivity index (χ3v) is 4.84. The molecule has 0 unspecified atom stereocenters. The first-order valence-electron chi connectivity index (χ1n) is 8.54. The topological polar surface area (TPSA) is 87.7 Å². The van der Waals surface area contributed by atoms with Gasteiger partial charge in [0.25, 0.3) is 5.91 Å². The lowest BCUT2D eigenvalue weighted by Crippen LogP contribution is -2.56. The number of nitrogens with zero attached hydrogens (tertiary/aromatic N) is 1. The third kappa shape index (κ3) is 3.82. The molecule has 2 saturated heterocycles. The number of likely N-dealkylation sites (tertiary alicyclic amines) is 1. The number of urea groups is 1. The van der Waals surface area contributed by atoms with E-state index in [-0.39, 0.29) is 17.7 Å². The van der Waals surface area contributed by atoms with E-state index < -0.39 is 11.6 Å². The van der Waals surface area contributed by atoms with E-state index >= 15 is 0 Å². The molecule has 0 bridgehead atoms. The number of amides is 4. The highest BCUT2D eigenvalue weighted by Crippen LogP contribution is 2.26. The van der Waals surface area contributed by atoms with Crippen LogP contribution in [-0.2, 0) is 20.9 Å². The van der Waals surface area contributed by atoms with Crippen molar-refractivity contribution >= 4 is 17.8 Å². The zero-order valence-electron chi connectivity index (χ0n) is 14.3. The summed E-state index contributed by atoms with van der Waals surface area (Å²) in [5.74, 6) is -0.513. The smallest absolute Gasteiger partial charge is 0.322 e. The Balaban J connectivity index is 1.45. The summed E-state index contributed by atoms with van der Waals surface area (Å²) in [5, 5.41) is 4.97. The molecule has 7 heteroatoms. The standard InChI is InChI=1S/C18H23N3O4/c1-13(11-25-12-14-5-3-2-4-6-14)15(22)21-9-7-18(8-10-21)16(23)19-17(24)20-18/h2-6,13H,7-12H2,1H3,(H2,19,20,23,24)/t13-/m1/s1. The van der Waals surface area contributed by atoms with Crippen LogP contribution in [0, 0.1) is 5.92 Å². The van der Waals surface area contributed by atoms with Crippen molar-refractivity contribution in [1.82, 2.24) is 15.5 Å². The number of ether oxygens (including phenoxy) is 1. The summed E-state index contributed by atoms with van der Waals surface area (Å²) in [6.07, 6.45) is 0.877. The number of hydrogen-bond donors (Lipinski definition) is 2. The van der Waals surface area contributed by atoms with Crippen molar-refractivity contribution in [2.24, 2.45) is 5.92 Å². The molecular weight excluding hydrogens is 322 g/mol. The lowest BCUT2D eigenvalue weighted by molar-refractivity contribution is -0.140. The molecule has 1 aromatic rings. The number of imide groups is 1. The molecule has 2 aliphatic rings. The number of rotatable bonds is 5. The van der Waals surface area contributed by atoms with Crippen molar-refractivity contribution in [2.75, 3.05) is 19.7 Å². The summed E-state index contributed by atoms with van der Waals surface area (Å²) >= 11 is 0. The molecule has 2 heterocycles. The minimum absolute atomic E-state index is 0.0210. The predicted octanol–water partition coefficient (Wildman–Crippen LogP) is 1.04. The van der Waals surface area contributed by atoms with Crippen LogP contribution in [0.25, 0.3) is 0 Å². The molecule has 25 heavy (non-hydrogen) atoms. The minimum atomic E-state index is -0.846. The Morgan fingerprint density at radius 1 is 1.24 bits per heavy atom. The normalized spacial score (nSPS) is 20.3. The molecule has 3 rings (SSSR count). The van der Waals surface area contributed by atoms with Crippen molar-refractivity contribution in [3.63, 3.8) is 0 Å². The molecule has 2 fully saturated rings. The maximum Gasteiger partial charge on any atom is 0.322 e. The summed E-state index contributed by atoms with van der Waals surface area (Å²) in [7, 11) is 0. The van der Waals surface area contributed by atoms with Gasteiger partial charge in [-0.05, 0) is 18.4 Å². The van der Waals surface area contributed by atoms with Crippen LogP contribution in [0.15, 0.2) is 30.3 Å². The molecule has 0 aliphatic carbocycles. The highest BCUT2D eigenvalue weighted by molar-refractivity contribution is 6.07. The third-order valence-electron chi connectivity index (χ3n) is 4.84. The Hall–Kier alpha value is -2.41. The zero-order chi connectivity index (χ0) is 17.9. The van der Waals surface area contributed by atoms with Crippen LogP contribution in [-0.4, -0.2) is 48.0 Å². The Bertz CT molecular complexity index is 654. The lowest BCUT2D eigenvalue weighted by atomic mass is 9.87. The van der Waals surface area contributed by atoms with Gasteiger partial charge < -0.3 is 15.0 Å². The molecule has 0 saturated carbocycles. The molecule has 0 radical (unpaired) electrons. The van der Waals surface area contributed by atoms with Gasteiger partial charge in [-0.1, -0.05) is 37.3 Å². The maximum absolute atomic E-state index is 12.5. The van der Waals surface area contributed by atoms with E-state index in [2.05, 4.69) is 10.6 Å². The quantitative estimate of drug-likeness (QED) is 0.781. The van der Waals surface area contributed by atoms with Gasteiger partial charge in [0.05, 0.1) is 19.1 Å². The van der Waals surface area contributed by atoms with Crippen molar-refractivity contribution in [1.29, 1.82) is 0 Å². The molecule has 134 valence electrons. The van der Waals surface area contributed by atoms with Crippen LogP contribution in [0.1, 0.15) is 25.3 Å². The number of hydrogen-bond acceptors (Lipinski definition) is 4. The fourth-order valence-electron chi connectivity index (χ4n) is 3.30. The summed E-state index contributed by atoms with van der Waals surface area (Å²) in [6.45, 7) is 3.59. The van der Waals surface area contributed by atoms with Gasteiger partial charge in [0, 0.05) is 13.1 Å². The van der Waals surface area contributed by atoms with Gasteiger partial charge in [0.2, 0.25) is 5.91 Å². The van der Waals surface area contributed by atoms with Crippen LogP contribution >= 0.6 is 0 Å². The molecule has 1 atom stereocenters. The summed E-state index contributed by atoms with van der Waals surface area (Å²) < 4.78 is 5.65. The molecule has 7 nitrogen and oxygen atoms in total. The molecule has 4 amide bonds. The predicted molar refractivity (Wildman–Crippen MR) is 90.5 cm³/mol. The number of benzene rings is 1. The van der Waals surface area contributed by atoms with Crippen molar-refractivity contribution in [2.45, 2.75) is 31.9 Å². The van der Waals surface area contributed by atoms with Crippen molar-refractivity contribution in [3.8, 4) is 0 Å². The average molecular weight is 345 g/mol. The monoisotopic (exact) mass is 345 g/mol. The number of carbonyl (C=O) groups is 3. The van der Waals surface area contributed by atoms with Crippen molar-refractivity contribution in [3.05, 3.63) is 35.9 Å².